The second kappa shape index (κ2) is 10.4. The van der Waals surface area contributed by atoms with Gasteiger partial charge in [0.2, 0.25) is 11.8 Å². The van der Waals surface area contributed by atoms with Gasteiger partial charge in [0.05, 0.1) is 27.2 Å². The molecule has 0 aliphatic heterocycles. The summed E-state index contributed by atoms with van der Waals surface area (Å²) in [6.45, 7) is 4.26. The molecule has 0 saturated heterocycles. The van der Waals surface area contributed by atoms with E-state index >= 15 is 0 Å². The molecule has 2 aromatic heterocycles. The second-order valence-electron chi connectivity index (χ2n) is 8.16. The van der Waals surface area contributed by atoms with Gasteiger partial charge in [0, 0.05) is 42.7 Å². The number of amides is 2. The maximum absolute atomic E-state index is 12.7. The van der Waals surface area contributed by atoms with E-state index < -0.39 is 5.92 Å². The van der Waals surface area contributed by atoms with Crippen LogP contribution in [-0.2, 0) is 22.4 Å². The Labute approximate surface area is 200 Å². The summed E-state index contributed by atoms with van der Waals surface area (Å²) in [7, 11) is 0. The monoisotopic (exact) mass is 482 g/mol. The predicted molar refractivity (Wildman–Crippen MR) is 131 cm³/mol. The Morgan fingerprint density at radius 1 is 1.18 bits per heavy atom. The fourth-order valence-corrected chi connectivity index (χ4v) is 5.34. The molecule has 172 valence electrons. The molecule has 3 aromatic rings. The van der Waals surface area contributed by atoms with Crippen LogP contribution in [0.4, 0.5) is 5.13 Å². The van der Waals surface area contributed by atoms with Crippen molar-refractivity contribution in [2.75, 3.05) is 11.9 Å². The van der Waals surface area contributed by atoms with Crippen LogP contribution in [0.1, 0.15) is 47.1 Å². The highest BCUT2D eigenvalue weighted by Gasteiger charge is 2.33. The van der Waals surface area contributed by atoms with Gasteiger partial charge in [0.25, 0.3) is 0 Å². The molecule has 1 aliphatic carbocycles. The van der Waals surface area contributed by atoms with E-state index in [1.807, 2.05) is 49.6 Å². The third-order valence-corrected chi connectivity index (χ3v) is 7.71. The first-order valence-corrected chi connectivity index (χ1v) is 12.8. The van der Waals surface area contributed by atoms with Crippen LogP contribution < -0.4 is 10.6 Å². The van der Waals surface area contributed by atoms with Crippen molar-refractivity contribution in [3.8, 4) is 11.3 Å². The van der Waals surface area contributed by atoms with Crippen molar-refractivity contribution in [1.82, 2.24) is 15.3 Å². The van der Waals surface area contributed by atoms with Crippen molar-refractivity contribution >= 4 is 45.4 Å². The number of thiazole rings is 2. The Hall–Kier alpha value is -2.91. The summed E-state index contributed by atoms with van der Waals surface area (Å²) < 4.78 is 0. The Balaban J connectivity index is 1.31. The molecule has 0 spiro atoms. The van der Waals surface area contributed by atoms with Gasteiger partial charge in [-0.2, -0.15) is 0 Å². The van der Waals surface area contributed by atoms with Crippen LogP contribution >= 0.6 is 22.7 Å². The number of ketones is 1. The summed E-state index contributed by atoms with van der Waals surface area (Å²) in [4.78, 5) is 47.1. The minimum Gasteiger partial charge on any atom is -0.355 e. The topological polar surface area (TPSA) is 101 Å². The van der Waals surface area contributed by atoms with Crippen LogP contribution in [0.3, 0.4) is 0 Å². The number of fused-ring (bicyclic) bond motifs is 1. The number of anilines is 1. The minimum absolute atomic E-state index is 0.0923. The van der Waals surface area contributed by atoms with Gasteiger partial charge in [-0.3, -0.25) is 14.4 Å². The highest BCUT2D eigenvalue weighted by Crippen LogP contribution is 2.32. The van der Waals surface area contributed by atoms with E-state index in [0.717, 1.165) is 22.7 Å². The smallest absolute Gasteiger partial charge is 0.228 e. The number of hydrogen-bond donors (Lipinski definition) is 2. The normalized spacial score (nSPS) is 16.2. The van der Waals surface area contributed by atoms with Crippen molar-refractivity contribution in [3.63, 3.8) is 0 Å². The van der Waals surface area contributed by atoms with Crippen molar-refractivity contribution in [1.29, 1.82) is 0 Å². The summed E-state index contributed by atoms with van der Waals surface area (Å²) >= 11 is 2.77. The Bertz CT molecular complexity index is 1160. The fourth-order valence-electron chi connectivity index (χ4n) is 3.59. The summed E-state index contributed by atoms with van der Waals surface area (Å²) in [6.07, 6.45) is 1.93. The van der Waals surface area contributed by atoms with Crippen LogP contribution in [-0.4, -0.2) is 34.1 Å². The third kappa shape index (κ3) is 5.54. The van der Waals surface area contributed by atoms with Gasteiger partial charge in [-0.25, -0.2) is 9.97 Å². The van der Waals surface area contributed by atoms with Gasteiger partial charge in [0.15, 0.2) is 10.9 Å². The molecule has 2 atom stereocenters. The van der Waals surface area contributed by atoms with Gasteiger partial charge < -0.3 is 10.6 Å². The van der Waals surface area contributed by atoms with Crippen LogP contribution in [0.5, 0.6) is 0 Å². The maximum atomic E-state index is 12.7. The lowest BCUT2D eigenvalue weighted by molar-refractivity contribution is -0.125. The lowest BCUT2D eigenvalue weighted by atomic mass is 9.89. The predicted octanol–water partition coefficient (Wildman–Crippen LogP) is 4.36. The molecule has 1 aromatic carbocycles. The van der Waals surface area contributed by atoms with E-state index in [9.17, 15) is 14.4 Å². The molecule has 2 amide bonds. The first kappa shape index (κ1) is 23.3. The van der Waals surface area contributed by atoms with E-state index in [-0.39, 0.29) is 29.9 Å². The van der Waals surface area contributed by atoms with Gasteiger partial charge in [-0.15, -0.1) is 11.3 Å². The molecule has 0 saturated carbocycles. The number of rotatable bonds is 8. The number of nitrogens with zero attached hydrogens (tertiary/aromatic N) is 2. The lowest BCUT2D eigenvalue weighted by Crippen LogP contribution is -2.36. The third-order valence-electron chi connectivity index (χ3n) is 5.74. The van der Waals surface area contributed by atoms with E-state index in [4.69, 9.17) is 0 Å². The van der Waals surface area contributed by atoms with E-state index in [0.29, 0.717) is 35.1 Å². The van der Waals surface area contributed by atoms with Gasteiger partial charge in [-0.1, -0.05) is 55.5 Å². The number of aromatic nitrogens is 2. The zero-order valence-corrected chi connectivity index (χ0v) is 20.2. The number of carbonyl (C=O) groups is 3. The lowest BCUT2D eigenvalue weighted by Gasteiger charge is -2.19. The molecule has 33 heavy (non-hydrogen) atoms. The first-order valence-electron chi connectivity index (χ1n) is 11.1. The quantitative estimate of drug-likeness (QED) is 0.497. The zero-order valence-electron chi connectivity index (χ0n) is 18.6. The number of Topliss-reactive ketones (excluding diaryl/α,β-unsaturated/α-hetero) is 1. The molecule has 7 nitrogen and oxygen atoms in total. The molecule has 0 radical (unpaired) electrons. The average Bonchev–Trinajstić information content (AvgIpc) is 3.46. The van der Waals surface area contributed by atoms with E-state index in [1.54, 1.807) is 11.3 Å². The van der Waals surface area contributed by atoms with Crippen molar-refractivity contribution in [2.24, 2.45) is 11.8 Å². The summed E-state index contributed by atoms with van der Waals surface area (Å²) in [5, 5.41) is 9.14. The Morgan fingerprint density at radius 2 is 1.97 bits per heavy atom. The number of hydrogen-bond acceptors (Lipinski definition) is 7. The largest absolute Gasteiger partial charge is 0.355 e. The molecule has 9 heteroatoms. The van der Waals surface area contributed by atoms with E-state index in [1.165, 1.54) is 11.3 Å². The Kier molecular flexibility index (Phi) is 7.29. The molecule has 2 N–H and O–H groups in total. The standard InChI is InChI=1S/C24H26N4O3S2/c1-3-14(2)22(30)28-24-27-17-11-16(12-19(29)21(17)33-24)23(31)25-10-9-20-26-18(13-32-20)15-7-5-4-6-8-15/h4-8,13-14,16H,3,9-12H2,1-2H3,(H,25,31)(H,27,28,30)/t14-,16+/m0/s1. The highest BCUT2D eigenvalue weighted by molar-refractivity contribution is 7.17. The van der Waals surface area contributed by atoms with Crippen molar-refractivity contribution in [2.45, 2.75) is 39.5 Å². The Morgan fingerprint density at radius 3 is 2.73 bits per heavy atom. The molecule has 0 unspecified atom stereocenters. The first-order chi connectivity index (χ1) is 15.9. The molecule has 4 rings (SSSR count). The van der Waals surface area contributed by atoms with E-state index in [2.05, 4.69) is 20.6 Å². The number of benzene rings is 1. The van der Waals surface area contributed by atoms with Crippen molar-refractivity contribution in [3.05, 3.63) is 51.3 Å². The molecule has 0 bridgehead atoms. The molecular weight excluding hydrogens is 456 g/mol. The number of carbonyl (C=O) groups excluding carboxylic acids is 3. The maximum Gasteiger partial charge on any atom is 0.228 e. The van der Waals surface area contributed by atoms with Crippen LogP contribution in [0.15, 0.2) is 35.7 Å². The van der Waals surface area contributed by atoms with Crippen molar-refractivity contribution < 1.29 is 14.4 Å². The number of nitrogens with one attached hydrogen (secondary N) is 2. The van der Waals surface area contributed by atoms with Crippen LogP contribution in [0.2, 0.25) is 0 Å². The fraction of sp³-hybridized carbons (Fsp3) is 0.375. The van der Waals surface area contributed by atoms with Crippen LogP contribution in [0.25, 0.3) is 11.3 Å². The molecule has 0 fully saturated rings. The second-order valence-corrected chi connectivity index (χ2v) is 10.1. The van der Waals surface area contributed by atoms with Gasteiger partial charge in [-0.05, 0) is 6.42 Å². The SMILES string of the molecule is CC[C@H](C)C(=O)Nc1nc2c(s1)C(=O)C[C@H](C(=O)NCCc1nc(-c3ccccc3)cs1)C2. The van der Waals surface area contributed by atoms with Gasteiger partial charge >= 0.3 is 0 Å². The summed E-state index contributed by atoms with van der Waals surface area (Å²) in [5.74, 6) is -0.913. The summed E-state index contributed by atoms with van der Waals surface area (Å²) in [5.41, 5.74) is 2.61. The highest BCUT2D eigenvalue weighted by atomic mass is 32.1. The minimum atomic E-state index is -0.443. The average molecular weight is 483 g/mol. The van der Waals surface area contributed by atoms with Crippen LogP contribution in [0, 0.1) is 11.8 Å². The molecular formula is C24H26N4O3S2. The molecule has 1 aliphatic rings. The van der Waals surface area contributed by atoms with Gasteiger partial charge in [0.1, 0.15) is 0 Å². The summed E-state index contributed by atoms with van der Waals surface area (Å²) in [6, 6.07) is 9.98. The molecule has 2 heterocycles. The zero-order chi connectivity index (χ0) is 23.4.